The summed E-state index contributed by atoms with van der Waals surface area (Å²) >= 11 is 15.0. The van der Waals surface area contributed by atoms with Gasteiger partial charge in [-0.2, -0.15) is 0 Å². The lowest BCUT2D eigenvalue weighted by molar-refractivity contribution is 0.0827. The van der Waals surface area contributed by atoms with Crippen molar-refractivity contribution < 1.29 is 14.9 Å². The van der Waals surface area contributed by atoms with Crippen molar-refractivity contribution in [3.63, 3.8) is 0 Å². The lowest BCUT2D eigenvalue weighted by atomic mass is 10.0. The molecule has 192 valence electrons. The molecule has 2 atom stereocenters. The Balaban J connectivity index is 1.57. The summed E-state index contributed by atoms with van der Waals surface area (Å²) in [6.07, 6.45) is 2.54. The van der Waals surface area contributed by atoms with Gasteiger partial charge in [0.05, 0.1) is 35.7 Å². The van der Waals surface area contributed by atoms with Gasteiger partial charge in [-0.1, -0.05) is 48.3 Å². The van der Waals surface area contributed by atoms with Crippen molar-refractivity contribution in [2.45, 2.75) is 29.6 Å². The van der Waals surface area contributed by atoms with Crippen LogP contribution in [-0.4, -0.2) is 52.9 Å². The van der Waals surface area contributed by atoms with E-state index in [1.165, 1.54) is 0 Å². The highest BCUT2D eigenvalue weighted by Crippen LogP contribution is 2.38. The molecule has 0 saturated carbocycles. The van der Waals surface area contributed by atoms with Gasteiger partial charge in [-0.15, -0.1) is 0 Å². The summed E-state index contributed by atoms with van der Waals surface area (Å²) in [4.78, 5) is 8.94. The Bertz CT molecular complexity index is 1150. The summed E-state index contributed by atoms with van der Waals surface area (Å²) < 4.78 is 4.58. The highest BCUT2D eigenvalue weighted by molar-refractivity contribution is 14.1. The number of aromatic nitrogens is 1. The first-order valence-corrected chi connectivity index (χ1v) is 13.8. The van der Waals surface area contributed by atoms with Crippen molar-refractivity contribution in [2.75, 3.05) is 37.7 Å². The maximum absolute atomic E-state index is 11.3. The third kappa shape index (κ3) is 6.62. The molecule has 4 rings (SSSR count). The van der Waals surface area contributed by atoms with E-state index in [4.69, 9.17) is 27.9 Å². The second-order valence-electron chi connectivity index (χ2n) is 8.93. The Morgan fingerprint density at radius 3 is 2.53 bits per heavy atom. The zero-order valence-electron chi connectivity index (χ0n) is 20.1. The molecule has 6 nitrogen and oxygen atoms in total. The van der Waals surface area contributed by atoms with Crippen LogP contribution >= 0.6 is 45.8 Å². The summed E-state index contributed by atoms with van der Waals surface area (Å²) in [5.41, 5.74) is 3.35. The van der Waals surface area contributed by atoms with E-state index in [1.807, 2.05) is 42.5 Å². The minimum Gasteiger partial charge on any atom is -0.494 e. The summed E-state index contributed by atoms with van der Waals surface area (Å²) in [7, 11) is 0. The number of aliphatic hydroxyl groups is 2. The molecule has 9 heteroatoms. The van der Waals surface area contributed by atoms with Gasteiger partial charge in [0.25, 0.3) is 0 Å². The molecule has 36 heavy (non-hydrogen) atoms. The molecule has 1 aromatic heterocycles. The maximum atomic E-state index is 11.3. The first kappa shape index (κ1) is 27.4. The zero-order valence-corrected chi connectivity index (χ0v) is 23.7. The zero-order chi connectivity index (χ0) is 25.7. The third-order valence-corrected chi connectivity index (χ3v) is 7.70. The number of β-amino-alcohol motifs (C(OH)–C–C–N with tert-alkyl or cyclic N) is 1. The number of benzene rings is 2. The van der Waals surface area contributed by atoms with Gasteiger partial charge in [0.15, 0.2) is 3.61 Å². The molecule has 2 aromatic carbocycles. The molecular weight excluding hydrogens is 612 g/mol. The molecule has 1 aliphatic heterocycles. The van der Waals surface area contributed by atoms with E-state index in [0.717, 1.165) is 36.5 Å². The number of pyridine rings is 1. The monoisotopic (exact) mass is 641 g/mol. The lowest BCUT2D eigenvalue weighted by Crippen LogP contribution is -2.51. The molecule has 1 fully saturated rings. The van der Waals surface area contributed by atoms with Crippen LogP contribution < -0.4 is 9.64 Å². The number of hydrogen-bond donors (Lipinski definition) is 2. The first-order valence-electron chi connectivity index (χ1n) is 11.9. The number of nitrogens with zero attached hydrogens (tertiary/aromatic N) is 3. The number of alkyl halides is 1. The quantitative estimate of drug-likeness (QED) is 0.227. The third-order valence-electron chi connectivity index (χ3n) is 6.25. The highest BCUT2D eigenvalue weighted by Gasteiger charge is 2.35. The number of piperazine rings is 1. The van der Waals surface area contributed by atoms with Gasteiger partial charge in [-0.25, -0.2) is 0 Å². The SMILES string of the molecule is CCCOc1ccc(N2CCN(C[C@](O)(I)c3ccc(CO)cn3)C[C@H]2c2ccc(Cl)cc2)c(Cl)c1. The second-order valence-corrected chi connectivity index (χ2v) is 11.6. The summed E-state index contributed by atoms with van der Waals surface area (Å²) in [6.45, 7) is 5.22. The molecule has 3 aromatic rings. The summed E-state index contributed by atoms with van der Waals surface area (Å²) in [5.74, 6) is 0.766. The lowest BCUT2D eigenvalue weighted by Gasteiger charge is -2.44. The maximum Gasteiger partial charge on any atom is 0.170 e. The Hall–Kier alpha value is -1.62. The predicted molar refractivity (Wildman–Crippen MR) is 153 cm³/mol. The van der Waals surface area contributed by atoms with Crippen molar-refractivity contribution in [3.05, 3.63) is 87.7 Å². The normalized spacial score (nSPS) is 18.2. The van der Waals surface area contributed by atoms with E-state index in [9.17, 15) is 10.2 Å². The molecule has 1 saturated heterocycles. The molecule has 0 aliphatic carbocycles. The highest BCUT2D eigenvalue weighted by atomic mass is 127. The van der Waals surface area contributed by atoms with Crippen molar-refractivity contribution in [1.82, 2.24) is 9.88 Å². The topological polar surface area (TPSA) is 69.1 Å². The van der Waals surface area contributed by atoms with Crippen molar-refractivity contribution >= 4 is 51.5 Å². The van der Waals surface area contributed by atoms with Gasteiger partial charge in [0.1, 0.15) is 5.75 Å². The van der Waals surface area contributed by atoms with Crippen molar-refractivity contribution in [2.24, 2.45) is 0 Å². The molecule has 1 aliphatic rings. The van der Waals surface area contributed by atoms with Crippen LogP contribution in [0, 0.1) is 0 Å². The molecule has 2 N–H and O–H groups in total. The van der Waals surface area contributed by atoms with E-state index in [0.29, 0.717) is 41.0 Å². The molecular formula is C27H30Cl2IN3O3. The molecule has 0 radical (unpaired) electrons. The van der Waals surface area contributed by atoms with E-state index < -0.39 is 3.61 Å². The predicted octanol–water partition coefficient (Wildman–Crippen LogP) is 5.81. The largest absolute Gasteiger partial charge is 0.494 e. The van der Waals surface area contributed by atoms with Crippen LogP contribution in [0.1, 0.15) is 36.2 Å². The van der Waals surface area contributed by atoms with Crippen molar-refractivity contribution in [1.29, 1.82) is 0 Å². The average Bonchev–Trinajstić information content (AvgIpc) is 2.88. The minimum absolute atomic E-state index is 0.00727. The van der Waals surface area contributed by atoms with E-state index in [2.05, 4.69) is 44.3 Å². The van der Waals surface area contributed by atoms with Gasteiger partial charge in [-0.3, -0.25) is 9.88 Å². The standard InChI is InChI=1S/C27H30Cl2IN3O3/c1-2-13-36-22-8-9-24(23(29)14-22)33-12-11-32(16-25(33)20-4-6-21(28)7-5-20)18-27(30,35)26-10-3-19(17-34)15-31-26/h3-10,14-15,25,34-35H,2,11-13,16-18H2,1H3/t25-,27+/m0/s1. The number of anilines is 1. The van der Waals surface area contributed by atoms with Gasteiger partial charge in [-0.05, 0) is 70.5 Å². The smallest absolute Gasteiger partial charge is 0.170 e. The molecule has 0 bridgehead atoms. The van der Waals surface area contributed by atoms with Gasteiger partial charge < -0.3 is 19.8 Å². The Morgan fingerprint density at radius 1 is 1.11 bits per heavy atom. The number of halogens is 3. The van der Waals surface area contributed by atoms with Gasteiger partial charge in [0.2, 0.25) is 0 Å². The number of ether oxygens (including phenoxy) is 1. The Labute approximate surface area is 235 Å². The first-order chi connectivity index (χ1) is 17.3. The van der Waals surface area contributed by atoms with E-state index in [1.54, 1.807) is 18.3 Å². The Kier molecular flexibility index (Phi) is 9.35. The van der Waals surface area contributed by atoms with Crippen LogP contribution in [0.5, 0.6) is 5.75 Å². The molecule has 0 unspecified atom stereocenters. The van der Waals surface area contributed by atoms with Crippen molar-refractivity contribution in [3.8, 4) is 5.75 Å². The van der Waals surface area contributed by atoms with Crippen LogP contribution in [0.2, 0.25) is 10.0 Å². The van der Waals surface area contributed by atoms with Gasteiger partial charge in [0, 0.05) is 43.5 Å². The van der Waals surface area contributed by atoms with E-state index >= 15 is 0 Å². The van der Waals surface area contributed by atoms with Crippen LogP contribution in [0.25, 0.3) is 0 Å². The van der Waals surface area contributed by atoms with Crippen LogP contribution in [0.15, 0.2) is 60.8 Å². The van der Waals surface area contributed by atoms with Crippen LogP contribution in [0.4, 0.5) is 5.69 Å². The fourth-order valence-corrected chi connectivity index (χ4v) is 5.60. The summed E-state index contributed by atoms with van der Waals surface area (Å²) in [6, 6.07) is 17.3. The molecule has 0 spiro atoms. The number of aliphatic hydroxyl groups excluding tert-OH is 1. The number of hydrogen-bond acceptors (Lipinski definition) is 6. The van der Waals surface area contributed by atoms with Gasteiger partial charge >= 0.3 is 0 Å². The molecule has 2 heterocycles. The average molecular weight is 642 g/mol. The van der Waals surface area contributed by atoms with Crippen LogP contribution in [-0.2, 0) is 10.2 Å². The van der Waals surface area contributed by atoms with Crippen LogP contribution in [0.3, 0.4) is 0 Å². The fourth-order valence-electron chi connectivity index (χ4n) is 4.39. The second kappa shape index (κ2) is 12.3. The van der Waals surface area contributed by atoms with E-state index in [-0.39, 0.29) is 12.6 Å². The minimum atomic E-state index is -1.17. The summed E-state index contributed by atoms with van der Waals surface area (Å²) in [5, 5.41) is 21.9. The fraction of sp³-hybridized carbons (Fsp3) is 0.370. The number of rotatable bonds is 9. The Morgan fingerprint density at radius 2 is 1.89 bits per heavy atom. The molecule has 0 amide bonds.